The number of hydrogen-bond donors (Lipinski definition) is 2. The van der Waals surface area contributed by atoms with Gasteiger partial charge in [0.15, 0.2) is 0 Å². The average Bonchev–Trinajstić information content (AvgIpc) is 3.06. The predicted molar refractivity (Wildman–Crippen MR) is 121 cm³/mol. The maximum atomic E-state index is 13.0. The molecule has 2 aromatic rings. The molecular formula is C24H26N2O7. The summed E-state index contributed by atoms with van der Waals surface area (Å²) in [5, 5.41) is 30.8. The Bertz CT molecular complexity index is 1060. The number of aliphatic hydroxyl groups excluding tert-OH is 2. The molecular weight excluding hydrogens is 428 g/mol. The number of carbonyl (C=O) groups is 2. The molecule has 1 atom stereocenters. The topological polar surface area (TPSA) is 130 Å². The lowest BCUT2D eigenvalue weighted by atomic mass is 9.93. The number of Topliss-reactive ketones (excluding diaryl/α,β-unsaturated/α-hetero) is 1. The van der Waals surface area contributed by atoms with Crippen LogP contribution in [0.5, 0.6) is 0 Å². The van der Waals surface area contributed by atoms with Gasteiger partial charge in [0.25, 0.3) is 17.4 Å². The second-order valence-corrected chi connectivity index (χ2v) is 7.95. The summed E-state index contributed by atoms with van der Waals surface area (Å²) in [6.07, 6.45) is 0. The number of ether oxygens (including phenoxy) is 1. The van der Waals surface area contributed by atoms with E-state index in [0.29, 0.717) is 5.56 Å². The van der Waals surface area contributed by atoms with Gasteiger partial charge in [0.1, 0.15) is 5.76 Å². The van der Waals surface area contributed by atoms with Crippen LogP contribution in [0.25, 0.3) is 5.76 Å². The first-order valence-corrected chi connectivity index (χ1v) is 10.6. The lowest BCUT2D eigenvalue weighted by Gasteiger charge is -2.25. The molecule has 1 heterocycles. The molecule has 0 aliphatic carbocycles. The third kappa shape index (κ3) is 5.10. The summed E-state index contributed by atoms with van der Waals surface area (Å²) < 4.78 is 5.28. The van der Waals surface area contributed by atoms with Gasteiger partial charge in [-0.2, -0.15) is 0 Å². The number of nitrogens with zero attached hydrogens (tertiary/aromatic N) is 2. The summed E-state index contributed by atoms with van der Waals surface area (Å²) in [6, 6.07) is 11.7. The molecule has 174 valence electrons. The van der Waals surface area contributed by atoms with Crippen LogP contribution in [0.15, 0.2) is 54.1 Å². The fourth-order valence-corrected chi connectivity index (χ4v) is 3.75. The molecule has 0 aromatic heterocycles. The van der Waals surface area contributed by atoms with E-state index in [9.17, 15) is 24.8 Å². The Morgan fingerprint density at radius 3 is 2.27 bits per heavy atom. The molecule has 1 amide bonds. The van der Waals surface area contributed by atoms with Gasteiger partial charge < -0.3 is 19.8 Å². The lowest BCUT2D eigenvalue weighted by molar-refractivity contribution is -0.384. The zero-order chi connectivity index (χ0) is 24.1. The van der Waals surface area contributed by atoms with Crippen molar-refractivity contribution >= 4 is 23.1 Å². The smallest absolute Gasteiger partial charge is 0.295 e. The van der Waals surface area contributed by atoms with Crippen molar-refractivity contribution in [2.24, 2.45) is 0 Å². The van der Waals surface area contributed by atoms with E-state index in [4.69, 9.17) is 9.84 Å². The molecule has 1 aliphatic rings. The van der Waals surface area contributed by atoms with Crippen molar-refractivity contribution in [2.75, 3.05) is 26.4 Å². The van der Waals surface area contributed by atoms with Crippen LogP contribution >= 0.6 is 0 Å². The average molecular weight is 454 g/mol. The number of rotatable bonds is 9. The number of non-ortho nitro benzene ring substituents is 1. The van der Waals surface area contributed by atoms with Gasteiger partial charge in [-0.3, -0.25) is 19.7 Å². The zero-order valence-electron chi connectivity index (χ0n) is 18.4. The van der Waals surface area contributed by atoms with Gasteiger partial charge in [-0.1, -0.05) is 38.1 Å². The van der Waals surface area contributed by atoms with Gasteiger partial charge in [0.2, 0.25) is 0 Å². The van der Waals surface area contributed by atoms with E-state index >= 15 is 0 Å². The summed E-state index contributed by atoms with van der Waals surface area (Å²) in [5.74, 6) is -1.73. The maximum absolute atomic E-state index is 13.0. The molecule has 0 spiro atoms. The van der Waals surface area contributed by atoms with E-state index in [1.165, 1.54) is 29.2 Å². The van der Waals surface area contributed by atoms with Crippen LogP contribution in [0.3, 0.4) is 0 Å². The van der Waals surface area contributed by atoms with Crippen LogP contribution in [-0.4, -0.2) is 58.1 Å². The van der Waals surface area contributed by atoms with Gasteiger partial charge in [-0.05, 0) is 29.2 Å². The fraction of sp³-hybridized carbons (Fsp3) is 0.333. The van der Waals surface area contributed by atoms with Crippen molar-refractivity contribution < 1.29 is 29.5 Å². The Balaban J connectivity index is 2.06. The molecule has 0 radical (unpaired) electrons. The minimum Gasteiger partial charge on any atom is -0.507 e. The van der Waals surface area contributed by atoms with Crippen molar-refractivity contribution in [3.05, 3.63) is 80.9 Å². The van der Waals surface area contributed by atoms with Gasteiger partial charge in [-0.15, -0.1) is 0 Å². The molecule has 9 nitrogen and oxygen atoms in total. The van der Waals surface area contributed by atoms with E-state index in [2.05, 4.69) is 0 Å². The number of carbonyl (C=O) groups excluding carboxylic acids is 2. The number of nitro groups is 1. The molecule has 1 unspecified atom stereocenters. The number of amides is 1. The van der Waals surface area contributed by atoms with Crippen LogP contribution in [-0.2, 0) is 14.3 Å². The number of likely N-dealkylation sites (tertiary alicyclic amines) is 1. The first-order valence-electron chi connectivity index (χ1n) is 10.6. The molecule has 33 heavy (non-hydrogen) atoms. The van der Waals surface area contributed by atoms with E-state index in [0.717, 1.165) is 5.56 Å². The molecule has 1 saturated heterocycles. The molecule has 0 saturated carbocycles. The number of hydrogen-bond acceptors (Lipinski definition) is 7. The molecule has 9 heteroatoms. The second-order valence-electron chi connectivity index (χ2n) is 7.95. The van der Waals surface area contributed by atoms with Gasteiger partial charge in [0, 0.05) is 24.2 Å². The minimum absolute atomic E-state index is 0.0816. The quantitative estimate of drug-likeness (QED) is 0.149. The first-order chi connectivity index (χ1) is 15.8. The Hall–Kier alpha value is -3.56. The maximum Gasteiger partial charge on any atom is 0.295 e. The summed E-state index contributed by atoms with van der Waals surface area (Å²) >= 11 is 0. The Morgan fingerprint density at radius 1 is 1.09 bits per heavy atom. The molecule has 0 bridgehead atoms. The van der Waals surface area contributed by atoms with Crippen molar-refractivity contribution in [3.63, 3.8) is 0 Å². The first kappa shape index (κ1) is 24.1. The molecule has 2 aromatic carbocycles. The van der Waals surface area contributed by atoms with Gasteiger partial charge in [-0.25, -0.2) is 0 Å². The van der Waals surface area contributed by atoms with Crippen LogP contribution in [0.4, 0.5) is 5.69 Å². The highest BCUT2D eigenvalue weighted by atomic mass is 16.6. The molecule has 2 N–H and O–H groups in total. The zero-order valence-corrected chi connectivity index (χ0v) is 18.4. The van der Waals surface area contributed by atoms with Crippen LogP contribution in [0, 0.1) is 10.1 Å². The van der Waals surface area contributed by atoms with Crippen molar-refractivity contribution in [1.29, 1.82) is 0 Å². The SMILES string of the molecule is CC(C)c1ccc(C2/C(=C(\O)c3ccc([N+](=O)[O-])cc3)C(=O)C(=O)N2CCOCCO)cc1. The highest BCUT2D eigenvalue weighted by molar-refractivity contribution is 6.46. The van der Waals surface area contributed by atoms with Crippen molar-refractivity contribution in [1.82, 2.24) is 4.90 Å². The highest BCUT2D eigenvalue weighted by Gasteiger charge is 2.45. The van der Waals surface area contributed by atoms with E-state index in [1.54, 1.807) is 0 Å². The number of ketones is 1. The molecule has 1 aliphatic heterocycles. The Kier molecular flexibility index (Phi) is 7.57. The predicted octanol–water partition coefficient (Wildman–Crippen LogP) is 3.15. The normalized spacial score (nSPS) is 17.7. The molecule has 3 rings (SSSR count). The van der Waals surface area contributed by atoms with E-state index in [1.807, 2.05) is 38.1 Å². The number of nitro benzene ring substituents is 1. The minimum atomic E-state index is -0.848. The lowest BCUT2D eigenvalue weighted by Crippen LogP contribution is -2.33. The monoisotopic (exact) mass is 454 g/mol. The van der Waals surface area contributed by atoms with Gasteiger partial charge in [0.05, 0.1) is 36.4 Å². The fourth-order valence-electron chi connectivity index (χ4n) is 3.75. The second kappa shape index (κ2) is 10.4. The third-order valence-electron chi connectivity index (χ3n) is 5.52. The molecule has 1 fully saturated rings. The largest absolute Gasteiger partial charge is 0.507 e. The Labute approximate surface area is 191 Å². The van der Waals surface area contributed by atoms with Crippen molar-refractivity contribution in [2.45, 2.75) is 25.8 Å². The summed E-state index contributed by atoms with van der Waals surface area (Å²) in [7, 11) is 0. The van der Waals surface area contributed by atoms with Crippen molar-refractivity contribution in [3.8, 4) is 0 Å². The summed E-state index contributed by atoms with van der Waals surface area (Å²) in [6.45, 7) is 4.21. The van der Waals surface area contributed by atoms with Crippen LogP contribution < -0.4 is 0 Å². The van der Waals surface area contributed by atoms with Crippen LogP contribution in [0.1, 0.15) is 42.5 Å². The number of aliphatic hydroxyl groups is 2. The number of benzene rings is 2. The van der Waals surface area contributed by atoms with E-state index < -0.39 is 28.4 Å². The summed E-state index contributed by atoms with van der Waals surface area (Å²) in [4.78, 5) is 37.5. The Morgan fingerprint density at radius 2 is 1.73 bits per heavy atom. The summed E-state index contributed by atoms with van der Waals surface area (Å²) in [5.41, 5.74) is 1.67. The van der Waals surface area contributed by atoms with Crippen LogP contribution in [0.2, 0.25) is 0 Å². The van der Waals surface area contributed by atoms with E-state index in [-0.39, 0.29) is 49.1 Å². The standard InChI is InChI=1S/C24H26N2O7/c1-15(2)16-3-5-17(6-4-16)21-20(22(28)18-7-9-19(10-8-18)26(31)32)23(29)24(30)25(21)11-13-33-14-12-27/h3-10,15,21,27-28H,11-14H2,1-2H3/b22-20+. The third-order valence-corrected chi connectivity index (χ3v) is 5.52. The highest BCUT2D eigenvalue weighted by Crippen LogP contribution is 2.39. The van der Waals surface area contributed by atoms with Gasteiger partial charge >= 0.3 is 0 Å².